The second-order valence-corrected chi connectivity index (χ2v) is 6.49. The number of amides is 1. The minimum Gasteiger partial charge on any atom is -0.379 e. The molecule has 138 valence electrons. The van der Waals surface area contributed by atoms with Gasteiger partial charge in [0.2, 0.25) is 5.91 Å². The van der Waals surface area contributed by atoms with Crippen molar-refractivity contribution >= 4 is 17.6 Å². The third-order valence-corrected chi connectivity index (χ3v) is 3.98. The van der Waals surface area contributed by atoms with E-state index in [1.165, 1.54) is 19.8 Å². The fourth-order valence-electron chi connectivity index (χ4n) is 2.43. The summed E-state index contributed by atoms with van der Waals surface area (Å²) in [7, 11) is 2.02. The quantitative estimate of drug-likeness (QED) is 0.409. The van der Waals surface area contributed by atoms with E-state index in [-0.39, 0.29) is 5.91 Å². The summed E-state index contributed by atoms with van der Waals surface area (Å²) < 4.78 is 5.71. The first kappa shape index (κ1) is 19.2. The number of rotatable bonds is 9. The van der Waals surface area contributed by atoms with Crippen LogP contribution in [0.3, 0.4) is 0 Å². The van der Waals surface area contributed by atoms with Crippen LogP contribution in [0.1, 0.15) is 32.3 Å². The van der Waals surface area contributed by atoms with Gasteiger partial charge in [0.1, 0.15) is 0 Å². The lowest BCUT2D eigenvalue weighted by molar-refractivity contribution is -0.114. The van der Waals surface area contributed by atoms with Crippen molar-refractivity contribution in [2.24, 2.45) is 10.9 Å². The lowest BCUT2D eigenvalue weighted by Gasteiger charge is -2.22. The molecule has 0 aromatic heterocycles. The minimum absolute atomic E-state index is 0.0695. The Balaban J connectivity index is 1.87. The molecule has 1 fully saturated rings. The van der Waals surface area contributed by atoms with Crippen molar-refractivity contribution in [3.63, 3.8) is 0 Å². The predicted molar refractivity (Wildman–Crippen MR) is 102 cm³/mol. The average Bonchev–Trinajstić information content (AvgIpc) is 3.39. The maximum atomic E-state index is 11.2. The summed E-state index contributed by atoms with van der Waals surface area (Å²) in [5.74, 6) is 1.59. The Hall–Kier alpha value is -2.08. The van der Waals surface area contributed by atoms with Gasteiger partial charge >= 0.3 is 0 Å². The standard InChI is InChI=1S/C19H30N4O2/c1-4-20-19(23(3)10-11-25-14-16-8-9-16)21-13-17-6-5-7-18(12-17)22-15(2)24/h5-7,12,16H,4,8-11,13-14H2,1-3H3,(H,20,21)(H,22,24). The summed E-state index contributed by atoms with van der Waals surface area (Å²) in [5.41, 5.74) is 1.85. The number of aliphatic imine (C=N–C) groups is 1. The summed E-state index contributed by atoms with van der Waals surface area (Å²) in [4.78, 5) is 18.0. The van der Waals surface area contributed by atoms with Crippen LogP contribution in [-0.4, -0.2) is 50.1 Å². The highest BCUT2D eigenvalue weighted by molar-refractivity contribution is 5.88. The SMILES string of the molecule is CCNC(=NCc1cccc(NC(C)=O)c1)N(C)CCOCC1CC1. The molecular weight excluding hydrogens is 316 g/mol. The molecule has 0 saturated heterocycles. The number of benzene rings is 1. The maximum absolute atomic E-state index is 11.2. The van der Waals surface area contributed by atoms with Gasteiger partial charge in [0, 0.05) is 39.4 Å². The second kappa shape index (κ2) is 10.0. The molecule has 1 aromatic rings. The van der Waals surface area contributed by atoms with Gasteiger partial charge in [0.15, 0.2) is 5.96 Å². The summed E-state index contributed by atoms with van der Waals surface area (Å²) in [6.45, 7) is 7.36. The molecule has 25 heavy (non-hydrogen) atoms. The third-order valence-electron chi connectivity index (χ3n) is 3.98. The first-order chi connectivity index (χ1) is 12.1. The van der Waals surface area contributed by atoms with E-state index >= 15 is 0 Å². The Morgan fingerprint density at radius 1 is 1.40 bits per heavy atom. The van der Waals surface area contributed by atoms with Gasteiger partial charge in [-0.05, 0) is 43.4 Å². The molecule has 0 atom stereocenters. The fraction of sp³-hybridized carbons (Fsp3) is 0.579. The van der Waals surface area contributed by atoms with Crippen molar-refractivity contribution in [1.82, 2.24) is 10.2 Å². The van der Waals surface area contributed by atoms with Crippen LogP contribution in [0, 0.1) is 5.92 Å². The number of likely N-dealkylation sites (N-methyl/N-ethyl adjacent to an activating group) is 1. The largest absolute Gasteiger partial charge is 0.379 e. The number of hydrogen-bond acceptors (Lipinski definition) is 3. The lowest BCUT2D eigenvalue weighted by Crippen LogP contribution is -2.40. The zero-order chi connectivity index (χ0) is 18.1. The van der Waals surface area contributed by atoms with Crippen LogP contribution in [0.15, 0.2) is 29.3 Å². The molecule has 6 nitrogen and oxygen atoms in total. The molecule has 6 heteroatoms. The zero-order valence-corrected chi connectivity index (χ0v) is 15.5. The smallest absolute Gasteiger partial charge is 0.221 e. The average molecular weight is 346 g/mol. The van der Waals surface area contributed by atoms with E-state index in [0.29, 0.717) is 6.54 Å². The number of nitrogens with one attached hydrogen (secondary N) is 2. The van der Waals surface area contributed by atoms with E-state index in [4.69, 9.17) is 9.73 Å². The Morgan fingerprint density at radius 3 is 2.88 bits per heavy atom. The minimum atomic E-state index is -0.0695. The lowest BCUT2D eigenvalue weighted by atomic mass is 10.2. The van der Waals surface area contributed by atoms with E-state index in [0.717, 1.165) is 49.4 Å². The van der Waals surface area contributed by atoms with Gasteiger partial charge in [-0.3, -0.25) is 4.79 Å². The molecule has 0 heterocycles. The summed E-state index contributed by atoms with van der Waals surface area (Å²) >= 11 is 0. The highest BCUT2D eigenvalue weighted by Crippen LogP contribution is 2.28. The number of carbonyl (C=O) groups is 1. The first-order valence-electron chi connectivity index (χ1n) is 9.02. The molecule has 1 aromatic carbocycles. The van der Waals surface area contributed by atoms with Crippen molar-refractivity contribution in [1.29, 1.82) is 0 Å². The zero-order valence-electron chi connectivity index (χ0n) is 15.5. The summed E-state index contributed by atoms with van der Waals surface area (Å²) in [6.07, 6.45) is 2.63. The molecule has 0 aliphatic heterocycles. The van der Waals surface area contributed by atoms with Gasteiger partial charge < -0.3 is 20.3 Å². The Labute approximate surface area is 150 Å². The van der Waals surface area contributed by atoms with Crippen LogP contribution in [-0.2, 0) is 16.1 Å². The molecule has 0 spiro atoms. The highest BCUT2D eigenvalue weighted by Gasteiger charge is 2.21. The fourth-order valence-corrected chi connectivity index (χ4v) is 2.43. The number of carbonyl (C=O) groups excluding carboxylic acids is 1. The van der Waals surface area contributed by atoms with Crippen molar-refractivity contribution in [2.45, 2.75) is 33.2 Å². The van der Waals surface area contributed by atoms with Crippen LogP contribution in [0.4, 0.5) is 5.69 Å². The van der Waals surface area contributed by atoms with Gasteiger partial charge in [0.25, 0.3) is 0 Å². The molecule has 1 aliphatic rings. The van der Waals surface area contributed by atoms with Crippen molar-refractivity contribution < 1.29 is 9.53 Å². The number of guanidine groups is 1. The van der Waals surface area contributed by atoms with Crippen LogP contribution < -0.4 is 10.6 Å². The summed E-state index contributed by atoms with van der Waals surface area (Å²) in [5, 5.41) is 6.11. The van der Waals surface area contributed by atoms with E-state index in [1.807, 2.05) is 31.3 Å². The third kappa shape index (κ3) is 7.56. The molecule has 0 radical (unpaired) electrons. The Morgan fingerprint density at radius 2 is 2.20 bits per heavy atom. The molecule has 1 aliphatic carbocycles. The number of ether oxygens (including phenoxy) is 1. The van der Waals surface area contributed by atoms with Gasteiger partial charge in [-0.2, -0.15) is 0 Å². The molecular formula is C19H30N4O2. The van der Waals surface area contributed by atoms with Crippen LogP contribution in [0.25, 0.3) is 0 Å². The summed E-state index contributed by atoms with van der Waals surface area (Å²) in [6, 6.07) is 7.77. The second-order valence-electron chi connectivity index (χ2n) is 6.49. The van der Waals surface area contributed by atoms with Gasteiger partial charge in [-0.1, -0.05) is 12.1 Å². The van der Waals surface area contributed by atoms with Crippen LogP contribution in [0.5, 0.6) is 0 Å². The van der Waals surface area contributed by atoms with E-state index in [1.54, 1.807) is 0 Å². The van der Waals surface area contributed by atoms with Crippen molar-refractivity contribution in [3.8, 4) is 0 Å². The van der Waals surface area contributed by atoms with E-state index in [9.17, 15) is 4.79 Å². The number of hydrogen-bond donors (Lipinski definition) is 2. The van der Waals surface area contributed by atoms with Gasteiger partial charge in [0.05, 0.1) is 13.2 Å². The Bertz CT molecular complexity index is 585. The van der Waals surface area contributed by atoms with Crippen LogP contribution in [0.2, 0.25) is 0 Å². The van der Waals surface area contributed by atoms with Gasteiger partial charge in [-0.15, -0.1) is 0 Å². The van der Waals surface area contributed by atoms with Gasteiger partial charge in [-0.25, -0.2) is 4.99 Å². The molecule has 2 rings (SSSR count). The normalized spacial score (nSPS) is 14.3. The van der Waals surface area contributed by atoms with E-state index in [2.05, 4.69) is 22.5 Å². The molecule has 1 saturated carbocycles. The molecule has 0 bridgehead atoms. The molecule has 0 unspecified atom stereocenters. The maximum Gasteiger partial charge on any atom is 0.221 e. The monoisotopic (exact) mass is 346 g/mol. The predicted octanol–water partition coefficient (Wildman–Crippen LogP) is 2.47. The van der Waals surface area contributed by atoms with E-state index < -0.39 is 0 Å². The van der Waals surface area contributed by atoms with Crippen molar-refractivity contribution in [2.75, 3.05) is 38.7 Å². The van der Waals surface area contributed by atoms with Crippen molar-refractivity contribution in [3.05, 3.63) is 29.8 Å². The first-order valence-corrected chi connectivity index (χ1v) is 9.02. The highest BCUT2D eigenvalue weighted by atomic mass is 16.5. The number of nitrogens with zero attached hydrogens (tertiary/aromatic N) is 2. The Kier molecular flexibility index (Phi) is 7.73. The molecule has 2 N–H and O–H groups in total. The molecule has 1 amide bonds. The van der Waals surface area contributed by atoms with Crippen LogP contribution >= 0.6 is 0 Å². The number of anilines is 1. The topological polar surface area (TPSA) is 66.0 Å².